The molecule has 2 aromatic rings. The standard InChI is InChI=1S/C19H22N4O/c24-18(17-12-20-8-9-21-17)23-10-6-19(7-11-23)14-22(15-19)13-16-4-2-1-3-5-16/h1-5,8-9,12H,6-7,10-11,13-15H2. The zero-order valence-electron chi connectivity index (χ0n) is 13.8. The van der Waals surface area contributed by atoms with E-state index in [0.717, 1.165) is 45.6 Å². The fourth-order valence-electron chi connectivity index (χ4n) is 3.93. The fourth-order valence-corrected chi connectivity index (χ4v) is 3.93. The second-order valence-corrected chi connectivity index (χ2v) is 7.01. The van der Waals surface area contributed by atoms with Crippen LogP contribution in [-0.2, 0) is 6.54 Å². The lowest BCUT2D eigenvalue weighted by Gasteiger charge is -2.54. The minimum atomic E-state index is 0.0124. The highest BCUT2D eigenvalue weighted by atomic mass is 16.2. The van der Waals surface area contributed by atoms with E-state index in [2.05, 4.69) is 45.2 Å². The van der Waals surface area contributed by atoms with Crippen LogP contribution < -0.4 is 0 Å². The van der Waals surface area contributed by atoms with Crippen molar-refractivity contribution in [1.82, 2.24) is 19.8 Å². The number of benzene rings is 1. The van der Waals surface area contributed by atoms with E-state index in [-0.39, 0.29) is 5.91 Å². The SMILES string of the molecule is O=C(c1cnccn1)N1CCC2(CC1)CN(Cc1ccccc1)C2. The topological polar surface area (TPSA) is 49.3 Å². The highest BCUT2D eigenvalue weighted by molar-refractivity contribution is 5.92. The predicted octanol–water partition coefficient (Wildman–Crippen LogP) is 2.21. The second kappa shape index (κ2) is 6.32. The van der Waals surface area contributed by atoms with Gasteiger partial charge >= 0.3 is 0 Å². The molecule has 1 aromatic carbocycles. The van der Waals surface area contributed by atoms with Crippen molar-refractivity contribution in [2.24, 2.45) is 5.41 Å². The van der Waals surface area contributed by atoms with Crippen LogP contribution in [0.25, 0.3) is 0 Å². The molecule has 1 aromatic heterocycles. The smallest absolute Gasteiger partial charge is 0.274 e. The number of hydrogen-bond acceptors (Lipinski definition) is 4. The molecule has 3 heterocycles. The van der Waals surface area contributed by atoms with Gasteiger partial charge in [0.2, 0.25) is 0 Å². The molecule has 1 amide bonds. The number of amides is 1. The molecular weight excluding hydrogens is 300 g/mol. The highest BCUT2D eigenvalue weighted by Crippen LogP contribution is 2.41. The molecule has 1 spiro atoms. The molecule has 124 valence electrons. The lowest BCUT2D eigenvalue weighted by atomic mass is 9.72. The van der Waals surface area contributed by atoms with E-state index in [0.29, 0.717) is 11.1 Å². The van der Waals surface area contributed by atoms with Crippen LogP contribution in [0.4, 0.5) is 0 Å². The molecule has 0 aliphatic carbocycles. The average molecular weight is 322 g/mol. The lowest BCUT2D eigenvalue weighted by Crippen LogP contribution is -2.60. The van der Waals surface area contributed by atoms with Gasteiger partial charge in [0, 0.05) is 45.1 Å². The van der Waals surface area contributed by atoms with Gasteiger partial charge < -0.3 is 4.90 Å². The second-order valence-electron chi connectivity index (χ2n) is 7.01. The molecular formula is C19H22N4O. The zero-order valence-corrected chi connectivity index (χ0v) is 13.8. The van der Waals surface area contributed by atoms with Crippen LogP contribution in [0.3, 0.4) is 0 Å². The van der Waals surface area contributed by atoms with Crippen molar-refractivity contribution >= 4 is 5.91 Å². The summed E-state index contributed by atoms with van der Waals surface area (Å²) in [5.74, 6) is 0.0124. The number of likely N-dealkylation sites (tertiary alicyclic amines) is 2. The van der Waals surface area contributed by atoms with Crippen LogP contribution in [0.1, 0.15) is 28.9 Å². The summed E-state index contributed by atoms with van der Waals surface area (Å²) >= 11 is 0. The molecule has 4 rings (SSSR count). The van der Waals surface area contributed by atoms with E-state index >= 15 is 0 Å². The molecule has 2 fully saturated rings. The van der Waals surface area contributed by atoms with Crippen LogP contribution in [0, 0.1) is 5.41 Å². The summed E-state index contributed by atoms with van der Waals surface area (Å²) in [4.78, 5) is 25.0. The van der Waals surface area contributed by atoms with Crippen molar-refractivity contribution in [3.63, 3.8) is 0 Å². The molecule has 5 heteroatoms. The third-order valence-electron chi connectivity index (χ3n) is 5.26. The van der Waals surface area contributed by atoms with Crippen LogP contribution in [-0.4, -0.2) is 51.9 Å². The Morgan fingerprint density at radius 3 is 2.50 bits per heavy atom. The van der Waals surface area contributed by atoms with E-state index in [1.807, 2.05) is 4.90 Å². The van der Waals surface area contributed by atoms with Crippen LogP contribution >= 0.6 is 0 Å². The Hall–Kier alpha value is -2.27. The molecule has 2 saturated heterocycles. The largest absolute Gasteiger partial charge is 0.337 e. The van der Waals surface area contributed by atoms with Crippen LogP contribution in [0.15, 0.2) is 48.9 Å². The van der Waals surface area contributed by atoms with Crippen molar-refractivity contribution in [2.45, 2.75) is 19.4 Å². The van der Waals surface area contributed by atoms with Crippen molar-refractivity contribution in [3.8, 4) is 0 Å². The first-order chi connectivity index (χ1) is 11.7. The summed E-state index contributed by atoms with van der Waals surface area (Å²) < 4.78 is 0. The lowest BCUT2D eigenvalue weighted by molar-refractivity contribution is -0.0465. The van der Waals surface area contributed by atoms with Gasteiger partial charge in [0.05, 0.1) is 6.20 Å². The summed E-state index contributed by atoms with van der Waals surface area (Å²) in [6, 6.07) is 10.6. The number of piperidine rings is 1. The number of carbonyl (C=O) groups is 1. The van der Waals surface area contributed by atoms with Gasteiger partial charge in [-0.05, 0) is 23.8 Å². The number of hydrogen-bond donors (Lipinski definition) is 0. The zero-order chi connectivity index (χ0) is 16.4. The number of carbonyl (C=O) groups excluding carboxylic acids is 1. The molecule has 2 aliphatic heterocycles. The normalized spacial score (nSPS) is 19.9. The predicted molar refractivity (Wildman–Crippen MR) is 91.3 cm³/mol. The van der Waals surface area contributed by atoms with Gasteiger partial charge in [-0.2, -0.15) is 0 Å². The molecule has 24 heavy (non-hydrogen) atoms. The van der Waals surface area contributed by atoms with E-state index in [4.69, 9.17) is 0 Å². The number of rotatable bonds is 3. The van der Waals surface area contributed by atoms with Gasteiger partial charge in [-0.1, -0.05) is 30.3 Å². The molecule has 0 saturated carbocycles. The molecule has 0 atom stereocenters. The van der Waals surface area contributed by atoms with Crippen LogP contribution in [0.2, 0.25) is 0 Å². The van der Waals surface area contributed by atoms with Crippen LogP contribution in [0.5, 0.6) is 0 Å². The Kier molecular flexibility index (Phi) is 4.02. The molecule has 0 unspecified atom stereocenters. The fraction of sp³-hybridized carbons (Fsp3) is 0.421. The van der Waals surface area contributed by atoms with Gasteiger partial charge in [0.15, 0.2) is 0 Å². The van der Waals surface area contributed by atoms with Crippen molar-refractivity contribution in [1.29, 1.82) is 0 Å². The van der Waals surface area contributed by atoms with E-state index in [1.54, 1.807) is 18.6 Å². The Balaban J connectivity index is 1.29. The maximum atomic E-state index is 12.4. The van der Waals surface area contributed by atoms with Gasteiger partial charge in [0.1, 0.15) is 5.69 Å². The monoisotopic (exact) mass is 322 g/mol. The van der Waals surface area contributed by atoms with Crippen molar-refractivity contribution in [2.75, 3.05) is 26.2 Å². The summed E-state index contributed by atoms with van der Waals surface area (Å²) in [6.45, 7) is 4.98. The maximum absolute atomic E-state index is 12.4. The summed E-state index contributed by atoms with van der Waals surface area (Å²) in [6.07, 6.45) is 6.90. The minimum Gasteiger partial charge on any atom is -0.337 e. The molecule has 0 N–H and O–H groups in total. The maximum Gasteiger partial charge on any atom is 0.274 e. The molecule has 2 aliphatic rings. The summed E-state index contributed by atoms with van der Waals surface area (Å²) in [7, 11) is 0. The quantitative estimate of drug-likeness (QED) is 0.869. The first kappa shape index (κ1) is 15.3. The van der Waals surface area contributed by atoms with Crippen molar-refractivity contribution < 1.29 is 4.79 Å². The Morgan fingerprint density at radius 2 is 1.83 bits per heavy atom. The van der Waals surface area contributed by atoms with Crippen molar-refractivity contribution in [3.05, 3.63) is 60.2 Å². The third-order valence-corrected chi connectivity index (χ3v) is 5.26. The van der Waals surface area contributed by atoms with Gasteiger partial charge in [-0.15, -0.1) is 0 Å². The summed E-state index contributed by atoms with van der Waals surface area (Å²) in [5.41, 5.74) is 2.24. The van der Waals surface area contributed by atoms with Gasteiger partial charge in [-0.3, -0.25) is 14.7 Å². The van der Waals surface area contributed by atoms with E-state index in [1.165, 1.54) is 5.56 Å². The van der Waals surface area contributed by atoms with E-state index in [9.17, 15) is 4.79 Å². The van der Waals surface area contributed by atoms with Gasteiger partial charge in [-0.25, -0.2) is 4.98 Å². The molecule has 0 bridgehead atoms. The summed E-state index contributed by atoms with van der Waals surface area (Å²) in [5, 5.41) is 0. The highest BCUT2D eigenvalue weighted by Gasteiger charge is 2.45. The Morgan fingerprint density at radius 1 is 1.08 bits per heavy atom. The molecule has 0 radical (unpaired) electrons. The Bertz CT molecular complexity index is 688. The average Bonchev–Trinajstić information content (AvgIpc) is 2.62. The number of aromatic nitrogens is 2. The van der Waals surface area contributed by atoms with Gasteiger partial charge in [0.25, 0.3) is 5.91 Å². The number of nitrogens with zero attached hydrogens (tertiary/aromatic N) is 4. The van der Waals surface area contributed by atoms with E-state index < -0.39 is 0 Å². The third kappa shape index (κ3) is 3.04. The first-order valence-corrected chi connectivity index (χ1v) is 8.56. The Labute approximate surface area is 142 Å². The first-order valence-electron chi connectivity index (χ1n) is 8.56. The molecule has 5 nitrogen and oxygen atoms in total. The minimum absolute atomic E-state index is 0.0124.